The first-order valence-electron chi connectivity index (χ1n) is 10.7. The van der Waals surface area contributed by atoms with Crippen molar-refractivity contribution in [2.75, 3.05) is 4.90 Å². The number of hydrogen-bond donors (Lipinski definition) is 1. The van der Waals surface area contributed by atoms with E-state index >= 15 is 0 Å². The minimum absolute atomic E-state index is 0.167. The van der Waals surface area contributed by atoms with E-state index in [4.69, 9.17) is 4.99 Å². The molecule has 2 saturated heterocycles. The van der Waals surface area contributed by atoms with E-state index in [-0.39, 0.29) is 18.0 Å². The number of imide groups is 1. The lowest BCUT2D eigenvalue weighted by Crippen LogP contribution is -2.44. The van der Waals surface area contributed by atoms with Crippen LogP contribution in [0.25, 0.3) is 0 Å². The molecule has 2 fully saturated rings. The number of rotatable bonds is 3. The van der Waals surface area contributed by atoms with E-state index in [9.17, 15) is 9.59 Å². The normalized spacial score (nSPS) is 28.6. The molecule has 3 heterocycles. The maximum Gasteiger partial charge on any atom is 0.251 e. The summed E-state index contributed by atoms with van der Waals surface area (Å²) in [5, 5.41) is 4.31. The molecular weight excluding hydrogens is 418 g/mol. The molecule has 3 aromatic rings. The quantitative estimate of drug-likeness (QED) is 0.630. The number of benzene rings is 3. The second-order valence-corrected chi connectivity index (χ2v) is 9.70. The second-order valence-electron chi connectivity index (χ2n) is 8.43. The predicted molar refractivity (Wildman–Crippen MR) is 127 cm³/mol. The Balaban J connectivity index is 1.46. The lowest BCUT2D eigenvalue weighted by atomic mass is 9.83. The van der Waals surface area contributed by atoms with Crippen molar-refractivity contribution < 1.29 is 9.59 Å². The molecule has 0 saturated carbocycles. The summed E-state index contributed by atoms with van der Waals surface area (Å²) in [6.07, 6.45) is -0.354. The summed E-state index contributed by atoms with van der Waals surface area (Å²) in [6, 6.07) is 27.0. The van der Waals surface area contributed by atoms with E-state index in [0.717, 1.165) is 21.7 Å². The molecule has 6 rings (SSSR count). The van der Waals surface area contributed by atoms with Crippen LogP contribution in [0.1, 0.15) is 16.7 Å². The van der Waals surface area contributed by atoms with Gasteiger partial charge in [0.05, 0.1) is 16.4 Å². The Morgan fingerprint density at radius 3 is 2.22 bits per heavy atom. The molecule has 3 aromatic carbocycles. The molecule has 158 valence electrons. The smallest absolute Gasteiger partial charge is 0.251 e. The van der Waals surface area contributed by atoms with Crippen LogP contribution in [0.3, 0.4) is 0 Å². The van der Waals surface area contributed by atoms with Crippen LogP contribution >= 0.6 is 11.8 Å². The second kappa shape index (κ2) is 7.15. The number of amides is 2. The number of aryl methyl sites for hydroxylation is 1. The molecule has 4 atom stereocenters. The van der Waals surface area contributed by atoms with Crippen LogP contribution in [0.15, 0.2) is 89.9 Å². The lowest BCUT2D eigenvalue weighted by Gasteiger charge is -2.32. The van der Waals surface area contributed by atoms with E-state index in [2.05, 4.69) is 5.32 Å². The minimum Gasteiger partial charge on any atom is -0.282 e. The fourth-order valence-corrected chi connectivity index (χ4v) is 6.63. The minimum atomic E-state index is -0.677. The molecule has 0 aromatic heterocycles. The topological polar surface area (TPSA) is 61.8 Å². The fourth-order valence-electron chi connectivity index (χ4n) is 5.05. The van der Waals surface area contributed by atoms with Crippen molar-refractivity contribution in [3.63, 3.8) is 0 Å². The summed E-state index contributed by atoms with van der Waals surface area (Å²) < 4.78 is -0.677. The summed E-state index contributed by atoms with van der Waals surface area (Å²) in [4.78, 5) is 33.6. The van der Waals surface area contributed by atoms with Crippen molar-refractivity contribution in [1.82, 2.24) is 5.32 Å². The van der Waals surface area contributed by atoms with Crippen molar-refractivity contribution >= 4 is 34.3 Å². The first-order valence-corrected chi connectivity index (χ1v) is 11.5. The van der Waals surface area contributed by atoms with Gasteiger partial charge in [0.2, 0.25) is 5.91 Å². The molecule has 0 radical (unpaired) electrons. The molecule has 32 heavy (non-hydrogen) atoms. The molecule has 3 aliphatic heterocycles. The van der Waals surface area contributed by atoms with Gasteiger partial charge in [-0.05, 0) is 24.6 Å². The number of fused-ring (bicyclic) bond motifs is 3. The molecule has 1 unspecified atom stereocenters. The Bertz CT molecular complexity index is 1240. The molecule has 0 aliphatic carbocycles. The fraction of sp³-hybridized carbons (Fsp3) is 0.192. The zero-order chi connectivity index (χ0) is 21.9. The lowest BCUT2D eigenvalue weighted by molar-refractivity contribution is -0.123. The van der Waals surface area contributed by atoms with Gasteiger partial charge in [-0.15, -0.1) is 0 Å². The molecule has 6 heteroatoms. The van der Waals surface area contributed by atoms with Gasteiger partial charge < -0.3 is 0 Å². The maximum absolute atomic E-state index is 13.8. The third-order valence-corrected chi connectivity index (χ3v) is 8.15. The van der Waals surface area contributed by atoms with Crippen LogP contribution in [-0.4, -0.2) is 29.1 Å². The molecule has 3 aliphatic rings. The Morgan fingerprint density at radius 2 is 1.53 bits per heavy atom. The molecule has 2 amide bonds. The van der Waals surface area contributed by atoms with Crippen LogP contribution in [0.2, 0.25) is 0 Å². The Hall–Kier alpha value is -3.22. The van der Waals surface area contributed by atoms with Gasteiger partial charge in [-0.1, -0.05) is 90.1 Å². The first kappa shape index (κ1) is 19.5. The Kier molecular flexibility index (Phi) is 4.35. The third-order valence-electron chi connectivity index (χ3n) is 6.56. The van der Waals surface area contributed by atoms with Gasteiger partial charge in [-0.2, -0.15) is 0 Å². The van der Waals surface area contributed by atoms with Gasteiger partial charge in [0.1, 0.15) is 17.3 Å². The van der Waals surface area contributed by atoms with Gasteiger partial charge in [0.25, 0.3) is 5.91 Å². The highest BCUT2D eigenvalue weighted by molar-refractivity contribution is 8.15. The maximum atomic E-state index is 13.8. The summed E-state index contributed by atoms with van der Waals surface area (Å²) in [7, 11) is 0. The van der Waals surface area contributed by atoms with Crippen molar-refractivity contribution in [2.24, 2.45) is 10.9 Å². The van der Waals surface area contributed by atoms with Crippen LogP contribution in [-0.2, 0) is 14.3 Å². The SMILES string of the molecule is Cc1ccc(N2C(=O)[C@H]3NC4N=C(c5ccccc5)S[C@@]4(c4ccccc4)[C@H]3C2=O)cc1. The zero-order valence-corrected chi connectivity index (χ0v) is 18.3. The monoisotopic (exact) mass is 439 g/mol. The Labute approximate surface area is 190 Å². The van der Waals surface area contributed by atoms with Gasteiger partial charge in [0.15, 0.2) is 0 Å². The molecule has 1 N–H and O–H groups in total. The number of hydrogen-bond acceptors (Lipinski definition) is 5. The van der Waals surface area contributed by atoms with Gasteiger partial charge in [-0.3, -0.25) is 19.9 Å². The number of aliphatic imine (C=N–C) groups is 1. The molecule has 5 nitrogen and oxygen atoms in total. The van der Waals surface area contributed by atoms with Crippen molar-refractivity contribution in [2.45, 2.75) is 23.9 Å². The van der Waals surface area contributed by atoms with Gasteiger partial charge in [0, 0.05) is 5.56 Å². The highest BCUT2D eigenvalue weighted by atomic mass is 32.2. The van der Waals surface area contributed by atoms with Gasteiger partial charge >= 0.3 is 0 Å². The van der Waals surface area contributed by atoms with Crippen LogP contribution in [0.4, 0.5) is 5.69 Å². The molecular formula is C26H21N3O2S. The van der Waals surface area contributed by atoms with E-state index < -0.39 is 16.7 Å². The van der Waals surface area contributed by atoms with E-state index in [1.165, 1.54) is 4.90 Å². The number of anilines is 1. The van der Waals surface area contributed by atoms with E-state index in [1.807, 2.05) is 91.9 Å². The zero-order valence-electron chi connectivity index (χ0n) is 17.4. The van der Waals surface area contributed by atoms with E-state index in [0.29, 0.717) is 5.69 Å². The van der Waals surface area contributed by atoms with E-state index in [1.54, 1.807) is 11.8 Å². The summed E-state index contributed by atoms with van der Waals surface area (Å²) in [5.74, 6) is -0.913. The number of thioether (sulfide) groups is 1. The largest absolute Gasteiger partial charge is 0.282 e. The average molecular weight is 440 g/mol. The number of nitrogens with one attached hydrogen (secondary N) is 1. The number of carbonyl (C=O) groups excluding carboxylic acids is 2. The van der Waals surface area contributed by atoms with Crippen LogP contribution in [0, 0.1) is 12.8 Å². The highest BCUT2D eigenvalue weighted by Crippen LogP contribution is 2.58. The molecule has 0 bridgehead atoms. The summed E-state index contributed by atoms with van der Waals surface area (Å²) in [6.45, 7) is 1.99. The number of nitrogens with zero attached hydrogens (tertiary/aromatic N) is 2. The first-order chi connectivity index (χ1) is 15.6. The van der Waals surface area contributed by atoms with Crippen molar-refractivity contribution in [3.8, 4) is 0 Å². The van der Waals surface area contributed by atoms with Crippen LogP contribution < -0.4 is 10.2 Å². The summed E-state index contributed by atoms with van der Waals surface area (Å²) in [5.41, 5.74) is 3.73. The standard InChI is InChI=1S/C26H21N3O2S/c1-16-12-14-19(15-13-16)29-23(30)20-21(24(29)31)27-25-26(20,18-10-6-3-7-11-18)32-22(28-25)17-8-4-2-5-9-17/h2-15,20-21,25,27H,1H3/t20-,21+,25?,26+/m1/s1. The van der Waals surface area contributed by atoms with Gasteiger partial charge in [-0.25, -0.2) is 4.90 Å². The van der Waals surface area contributed by atoms with Crippen LogP contribution in [0.5, 0.6) is 0 Å². The van der Waals surface area contributed by atoms with Crippen molar-refractivity contribution in [1.29, 1.82) is 0 Å². The predicted octanol–water partition coefficient (Wildman–Crippen LogP) is 3.87. The average Bonchev–Trinajstić information content (AvgIpc) is 3.43. The third kappa shape index (κ3) is 2.66. The molecule has 0 spiro atoms. The summed E-state index contributed by atoms with van der Waals surface area (Å²) >= 11 is 1.60. The Morgan fingerprint density at radius 1 is 0.875 bits per heavy atom. The van der Waals surface area contributed by atoms with Crippen molar-refractivity contribution in [3.05, 3.63) is 102 Å². The number of carbonyl (C=O) groups is 2. The highest BCUT2D eigenvalue weighted by Gasteiger charge is 2.69.